The zero-order valence-corrected chi connectivity index (χ0v) is 19.0. The lowest BCUT2D eigenvalue weighted by atomic mass is 10.1. The summed E-state index contributed by atoms with van der Waals surface area (Å²) in [5.74, 6) is -0.140. The van der Waals surface area contributed by atoms with Gasteiger partial charge >= 0.3 is 0 Å². The molecule has 2 aromatic carbocycles. The van der Waals surface area contributed by atoms with Gasteiger partial charge in [-0.1, -0.05) is 48.2 Å². The molecule has 0 saturated carbocycles. The van der Waals surface area contributed by atoms with Gasteiger partial charge in [-0.2, -0.15) is 5.10 Å². The van der Waals surface area contributed by atoms with Gasteiger partial charge in [0, 0.05) is 26.4 Å². The van der Waals surface area contributed by atoms with Crippen LogP contribution in [0, 0.1) is 6.92 Å². The van der Waals surface area contributed by atoms with Gasteiger partial charge in [0.2, 0.25) is 5.91 Å². The van der Waals surface area contributed by atoms with Crippen LogP contribution in [0.5, 0.6) is 0 Å². The number of carbonyl (C=O) groups is 1. The molecule has 1 amide bonds. The second kappa shape index (κ2) is 8.98. The molecule has 32 heavy (non-hydrogen) atoms. The summed E-state index contributed by atoms with van der Waals surface area (Å²) in [4.78, 5) is 20.7. The van der Waals surface area contributed by atoms with Gasteiger partial charge < -0.3 is 5.32 Å². The largest absolute Gasteiger partial charge is 0.323 e. The monoisotopic (exact) mass is 456 g/mol. The van der Waals surface area contributed by atoms with Crippen LogP contribution in [0.15, 0.2) is 94.2 Å². The zero-order valence-electron chi connectivity index (χ0n) is 17.4. The second-order valence-electron chi connectivity index (χ2n) is 7.24. The molecule has 3 heterocycles. The molecular formula is C25H20N4OS2. The number of hydrogen-bond donors (Lipinski definition) is 1. The Morgan fingerprint density at radius 1 is 1.03 bits per heavy atom. The molecular weight excluding hydrogens is 436 g/mol. The van der Waals surface area contributed by atoms with Crippen molar-refractivity contribution in [2.75, 3.05) is 5.32 Å². The Morgan fingerprint density at radius 2 is 1.84 bits per heavy atom. The molecule has 5 aromatic rings. The number of aromatic nitrogens is 3. The van der Waals surface area contributed by atoms with Crippen molar-refractivity contribution in [3.63, 3.8) is 0 Å². The van der Waals surface area contributed by atoms with Crippen molar-refractivity contribution >= 4 is 45.7 Å². The minimum atomic E-state index is -0.140. The van der Waals surface area contributed by atoms with Crippen molar-refractivity contribution in [3.8, 4) is 10.4 Å². The van der Waals surface area contributed by atoms with E-state index in [9.17, 15) is 4.79 Å². The Labute approximate surface area is 194 Å². The average Bonchev–Trinajstić information content (AvgIpc) is 3.45. The number of thiophene rings is 1. The van der Waals surface area contributed by atoms with E-state index in [1.54, 1.807) is 34.0 Å². The quantitative estimate of drug-likeness (QED) is 0.328. The second-order valence-corrected chi connectivity index (χ2v) is 9.30. The van der Waals surface area contributed by atoms with Crippen LogP contribution in [-0.2, 0) is 11.3 Å². The summed E-state index contributed by atoms with van der Waals surface area (Å²) in [6.45, 7) is 2.05. The number of benzene rings is 2. The number of rotatable bonds is 6. The van der Waals surface area contributed by atoms with E-state index in [4.69, 9.17) is 0 Å². The molecule has 0 atom stereocenters. The summed E-state index contributed by atoms with van der Waals surface area (Å²) < 4.78 is 1.68. The van der Waals surface area contributed by atoms with Crippen LogP contribution >= 0.6 is 23.1 Å². The van der Waals surface area contributed by atoms with E-state index in [1.807, 2.05) is 61.5 Å². The number of carbonyl (C=O) groups excluding carboxylic acids is 1. The zero-order chi connectivity index (χ0) is 21.9. The maximum atomic E-state index is 12.9. The van der Waals surface area contributed by atoms with Crippen LogP contribution in [0.1, 0.15) is 5.69 Å². The molecule has 5 nitrogen and oxygen atoms in total. The highest BCUT2D eigenvalue weighted by atomic mass is 32.2. The molecule has 0 bridgehead atoms. The highest BCUT2D eigenvalue weighted by molar-refractivity contribution is 7.99. The number of fused-ring (bicyclic) bond motifs is 1. The number of hydrogen-bond acceptors (Lipinski definition) is 5. The molecule has 7 heteroatoms. The summed E-state index contributed by atoms with van der Waals surface area (Å²) in [7, 11) is 0. The Balaban J connectivity index is 1.39. The Bertz CT molecular complexity index is 1380. The smallest absolute Gasteiger partial charge is 0.246 e. The number of aryl methyl sites for hydroxylation is 1. The Kier molecular flexibility index (Phi) is 5.75. The molecule has 3 aromatic heterocycles. The first kappa shape index (κ1) is 20.5. The Hall–Kier alpha value is -3.42. The van der Waals surface area contributed by atoms with Crippen LogP contribution in [0.4, 0.5) is 5.69 Å². The van der Waals surface area contributed by atoms with Crippen molar-refractivity contribution in [2.24, 2.45) is 0 Å². The fraction of sp³-hybridized carbons (Fsp3) is 0.0800. The normalized spacial score (nSPS) is 11.0. The first-order valence-corrected chi connectivity index (χ1v) is 11.9. The van der Waals surface area contributed by atoms with Crippen LogP contribution in [0.2, 0.25) is 0 Å². The average molecular weight is 457 g/mol. The van der Waals surface area contributed by atoms with Gasteiger partial charge in [0.05, 0.1) is 16.8 Å². The first-order valence-electron chi connectivity index (χ1n) is 10.2. The van der Waals surface area contributed by atoms with Gasteiger partial charge in [0.25, 0.3) is 0 Å². The molecule has 0 spiro atoms. The van der Waals surface area contributed by atoms with E-state index in [0.29, 0.717) is 0 Å². The number of nitrogens with zero attached hydrogens (tertiary/aromatic N) is 3. The summed E-state index contributed by atoms with van der Waals surface area (Å²) >= 11 is 3.30. The fourth-order valence-corrected chi connectivity index (χ4v) is 5.31. The van der Waals surface area contributed by atoms with Crippen molar-refractivity contribution in [2.45, 2.75) is 23.3 Å². The predicted molar refractivity (Wildman–Crippen MR) is 131 cm³/mol. The minimum absolute atomic E-state index is 0.0928. The van der Waals surface area contributed by atoms with Gasteiger partial charge in [-0.15, -0.1) is 11.3 Å². The number of para-hydroxylation sites is 1. The lowest BCUT2D eigenvalue weighted by molar-refractivity contribution is -0.116. The van der Waals surface area contributed by atoms with Crippen LogP contribution in [-0.4, -0.2) is 20.7 Å². The topological polar surface area (TPSA) is 59.8 Å². The number of nitrogens with one attached hydrogen (secondary N) is 1. The fourth-order valence-electron chi connectivity index (χ4n) is 3.63. The van der Waals surface area contributed by atoms with E-state index in [-0.39, 0.29) is 12.5 Å². The maximum Gasteiger partial charge on any atom is 0.246 e. The molecule has 0 fully saturated rings. The first-order chi connectivity index (χ1) is 15.7. The van der Waals surface area contributed by atoms with Gasteiger partial charge in [-0.25, -0.2) is 9.67 Å². The standard InChI is InChI=1S/C25H20N4OS2/c1-17-24-19(21-12-7-15-31-21)13-14-26-25(24)29(28-17)16-23(30)27-20-10-5-6-11-22(20)32-18-8-3-2-4-9-18/h2-15H,16H2,1H3,(H,27,30). The SMILES string of the molecule is Cc1nn(CC(=O)Nc2ccccc2Sc2ccccc2)c2nccc(-c3cccs3)c12. The molecule has 0 aliphatic rings. The maximum absolute atomic E-state index is 12.9. The molecule has 0 aliphatic carbocycles. The van der Waals surface area contributed by atoms with E-state index < -0.39 is 0 Å². The highest BCUT2D eigenvalue weighted by Crippen LogP contribution is 2.34. The van der Waals surface area contributed by atoms with Crippen LogP contribution in [0.3, 0.4) is 0 Å². The van der Waals surface area contributed by atoms with Crippen LogP contribution in [0.25, 0.3) is 21.5 Å². The molecule has 0 aliphatic heterocycles. The third-order valence-corrected chi connectivity index (χ3v) is 7.01. The highest BCUT2D eigenvalue weighted by Gasteiger charge is 2.17. The number of pyridine rings is 1. The summed E-state index contributed by atoms with van der Waals surface area (Å²) in [6, 6.07) is 24.1. The van der Waals surface area contributed by atoms with E-state index >= 15 is 0 Å². The lowest BCUT2D eigenvalue weighted by Gasteiger charge is -2.11. The van der Waals surface area contributed by atoms with Crippen molar-refractivity contribution < 1.29 is 4.79 Å². The molecule has 5 rings (SSSR count). The molecule has 158 valence electrons. The third-order valence-electron chi connectivity index (χ3n) is 5.02. The van der Waals surface area contributed by atoms with Gasteiger partial charge in [-0.05, 0) is 48.7 Å². The summed E-state index contributed by atoms with van der Waals surface area (Å²) in [6.07, 6.45) is 1.78. The third kappa shape index (κ3) is 4.17. The lowest BCUT2D eigenvalue weighted by Crippen LogP contribution is -2.20. The number of anilines is 1. The number of amides is 1. The molecule has 1 N–H and O–H groups in total. The molecule has 0 unspecified atom stereocenters. The van der Waals surface area contributed by atoms with Gasteiger partial charge in [0.1, 0.15) is 6.54 Å². The van der Waals surface area contributed by atoms with Crippen molar-refractivity contribution in [1.29, 1.82) is 0 Å². The Morgan fingerprint density at radius 3 is 2.66 bits per heavy atom. The minimum Gasteiger partial charge on any atom is -0.323 e. The van der Waals surface area contributed by atoms with Gasteiger partial charge in [-0.3, -0.25) is 4.79 Å². The van der Waals surface area contributed by atoms with Crippen molar-refractivity contribution in [1.82, 2.24) is 14.8 Å². The summed E-state index contributed by atoms with van der Waals surface area (Å²) in [5.41, 5.74) is 3.46. The predicted octanol–water partition coefficient (Wildman–Crippen LogP) is 6.26. The van der Waals surface area contributed by atoms with E-state index in [0.717, 1.165) is 42.6 Å². The van der Waals surface area contributed by atoms with E-state index in [2.05, 4.69) is 39.0 Å². The molecule has 0 radical (unpaired) electrons. The summed E-state index contributed by atoms with van der Waals surface area (Å²) in [5, 5.41) is 10.7. The molecule has 0 saturated heterocycles. The van der Waals surface area contributed by atoms with E-state index in [1.165, 1.54) is 0 Å². The van der Waals surface area contributed by atoms with Gasteiger partial charge in [0.15, 0.2) is 5.65 Å². The van der Waals surface area contributed by atoms with Crippen LogP contribution < -0.4 is 5.32 Å². The van der Waals surface area contributed by atoms with Crippen molar-refractivity contribution in [3.05, 3.63) is 90.1 Å².